The van der Waals surface area contributed by atoms with Crippen molar-refractivity contribution in [3.05, 3.63) is 164 Å². The van der Waals surface area contributed by atoms with E-state index < -0.39 is 0 Å². The zero-order chi connectivity index (χ0) is 29.0. The topological polar surface area (TPSA) is 3.24 Å². The van der Waals surface area contributed by atoms with Crippen LogP contribution in [0.1, 0.15) is 0 Å². The Bertz CT molecular complexity index is 2500. The Morgan fingerprint density at radius 3 is 1.80 bits per heavy atom. The molecule has 44 heavy (non-hydrogen) atoms. The molecule has 0 bridgehead atoms. The molecule has 0 N–H and O–H groups in total. The minimum atomic E-state index is 1.13. The minimum absolute atomic E-state index is 1.13. The second kappa shape index (κ2) is 10.1. The molecule has 8 aromatic carbocycles. The largest absolute Gasteiger partial charge is 0.310 e. The highest BCUT2D eigenvalue weighted by atomic mass is 32.1. The highest BCUT2D eigenvalue weighted by molar-refractivity contribution is 7.25. The van der Waals surface area contributed by atoms with Crippen molar-refractivity contribution >= 4 is 80.9 Å². The van der Waals surface area contributed by atoms with Crippen LogP contribution in [-0.4, -0.2) is 0 Å². The third-order valence-electron chi connectivity index (χ3n) is 8.82. The van der Waals surface area contributed by atoms with Crippen molar-refractivity contribution in [1.29, 1.82) is 0 Å². The zero-order valence-electron chi connectivity index (χ0n) is 23.9. The Morgan fingerprint density at radius 2 is 0.955 bits per heavy atom. The minimum Gasteiger partial charge on any atom is -0.310 e. The number of nitrogens with zero attached hydrogens (tertiary/aromatic N) is 1. The molecule has 0 aliphatic carbocycles. The molecular formula is C42H27NS. The normalized spacial score (nSPS) is 11.6. The van der Waals surface area contributed by atoms with Crippen molar-refractivity contribution in [2.24, 2.45) is 0 Å². The van der Waals surface area contributed by atoms with Crippen LogP contribution in [0.15, 0.2) is 164 Å². The van der Waals surface area contributed by atoms with Crippen LogP contribution in [0, 0.1) is 0 Å². The lowest BCUT2D eigenvalue weighted by atomic mass is 9.98. The lowest BCUT2D eigenvalue weighted by Crippen LogP contribution is -2.10. The van der Waals surface area contributed by atoms with Crippen molar-refractivity contribution in [2.75, 3.05) is 4.90 Å². The lowest BCUT2D eigenvalue weighted by molar-refractivity contribution is 1.31. The Hall–Kier alpha value is -5.44. The van der Waals surface area contributed by atoms with Crippen LogP contribution in [0.5, 0.6) is 0 Å². The SMILES string of the molecule is c1ccc2cc(-c3ccc(N(c4ccc5c(c4)sc4ccccc45)c4cc5ccccc5c5ccccc45)cc3)ccc2c1. The van der Waals surface area contributed by atoms with E-state index in [9.17, 15) is 0 Å². The molecule has 0 saturated carbocycles. The monoisotopic (exact) mass is 577 g/mol. The molecule has 0 atom stereocenters. The maximum Gasteiger partial charge on any atom is 0.0546 e. The van der Waals surface area contributed by atoms with E-state index in [-0.39, 0.29) is 0 Å². The van der Waals surface area contributed by atoms with Crippen LogP contribution >= 0.6 is 11.3 Å². The second-order valence-electron chi connectivity index (χ2n) is 11.4. The summed E-state index contributed by atoms with van der Waals surface area (Å²) in [5, 5.41) is 10.2. The van der Waals surface area contributed by atoms with Gasteiger partial charge in [0.15, 0.2) is 0 Å². The quantitative estimate of drug-likeness (QED) is 0.188. The first-order chi connectivity index (χ1) is 21.8. The standard InChI is InChI=1S/C42H27NS/c1-2-10-30-25-31(18-17-28(30)9-1)29-19-21-33(22-20-29)43(34-23-24-39-38-15-7-8-16-41(38)44-42(39)27-34)40-26-32-11-3-4-12-35(32)36-13-5-6-14-37(36)40/h1-27H. The molecular weight excluding hydrogens is 551 g/mol. The summed E-state index contributed by atoms with van der Waals surface area (Å²) in [6.07, 6.45) is 0. The molecule has 0 spiro atoms. The van der Waals surface area contributed by atoms with E-state index in [1.807, 2.05) is 11.3 Å². The van der Waals surface area contributed by atoms with Gasteiger partial charge in [0.1, 0.15) is 0 Å². The maximum absolute atomic E-state index is 2.43. The van der Waals surface area contributed by atoms with Crippen LogP contribution < -0.4 is 4.90 Å². The van der Waals surface area contributed by atoms with E-state index in [0.717, 1.165) is 11.4 Å². The smallest absolute Gasteiger partial charge is 0.0546 e. The third-order valence-corrected chi connectivity index (χ3v) is 9.95. The van der Waals surface area contributed by atoms with Crippen LogP contribution in [0.2, 0.25) is 0 Å². The summed E-state index contributed by atoms with van der Waals surface area (Å²) in [5.74, 6) is 0. The van der Waals surface area contributed by atoms with E-state index in [1.54, 1.807) is 0 Å². The van der Waals surface area contributed by atoms with Gasteiger partial charge >= 0.3 is 0 Å². The van der Waals surface area contributed by atoms with Crippen LogP contribution in [-0.2, 0) is 0 Å². The van der Waals surface area contributed by atoms with Crippen LogP contribution in [0.3, 0.4) is 0 Å². The average Bonchev–Trinajstić information content (AvgIpc) is 3.46. The molecule has 0 fully saturated rings. The number of benzene rings is 8. The van der Waals surface area contributed by atoms with Gasteiger partial charge in [-0.3, -0.25) is 0 Å². The molecule has 206 valence electrons. The highest BCUT2D eigenvalue weighted by Crippen LogP contribution is 2.44. The summed E-state index contributed by atoms with van der Waals surface area (Å²) in [6, 6.07) is 59.8. The first-order valence-electron chi connectivity index (χ1n) is 15.0. The average molecular weight is 578 g/mol. The Kier molecular flexibility index (Phi) is 5.75. The molecule has 0 aliphatic rings. The fraction of sp³-hybridized carbons (Fsp3) is 0. The number of anilines is 3. The summed E-state index contributed by atoms with van der Waals surface area (Å²) in [5.41, 5.74) is 5.91. The van der Waals surface area contributed by atoms with Crippen molar-refractivity contribution in [3.63, 3.8) is 0 Å². The van der Waals surface area contributed by atoms with Gasteiger partial charge in [-0.25, -0.2) is 0 Å². The van der Waals surface area contributed by atoms with Gasteiger partial charge in [-0.05, 0) is 80.5 Å². The highest BCUT2D eigenvalue weighted by Gasteiger charge is 2.18. The molecule has 0 amide bonds. The predicted octanol–water partition coefficient (Wildman–Crippen LogP) is 12.7. The predicted molar refractivity (Wildman–Crippen MR) is 192 cm³/mol. The molecule has 0 radical (unpaired) electrons. The molecule has 0 unspecified atom stereocenters. The van der Waals surface area contributed by atoms with Gasteiger partial charge in [0.05, 0.1) is 5.69 Å². The summed E-state index contributed by atoms with van der Waals surface area (Å²) >= 11 is 1.86. The van der Waals surface area contributed by atoms with Gasteiger partial charge in [-0.1, -0.05) is 121 Å². The summed E-state index contributed by atoms with van der Waals surface area (Å²) in [4.78, 5) is 2.43. The van der Waals surface area contributed by atoms with E-state index in [0.29, 0.717) is 0 Å². The van der Waals surface area contributed by atoms with Gasteiger partial charge in [-0.2, -0.15) is 0 Å². The van der Waals surface area contributed by atoms with Gasteiger partial charge in [0, 0.05) is 36.9 Å². The Labute approximate surface area is 259 Å². The Balaban J connectivity index is 1.26. The van der Waals surface area contributed by atoms with E-state index in [2.05, 4.69) is 169 Å². The number of rotatable bonds is 4. The molecule has 1 nitrogen and oxygen atoms in total. The lowest BCUT2D eigenvalue weighted by Gasteiger charge is -2.28. The first-order valence-corrected chi connectivity index (χ1v) is 15.8. The molecule has 0 aliphatic heterocycles. The maximum atomic E-state index is 2.43. The van der Waals surface area contributed by atoms with Crippen molar-refractivity contribution < 1.29 is 0 Å². The molecule has 1 heterocycles. The molecule has 2 heteroatoms. The van der Waals surface area contributed by atoms with Crippen molar-refractivity contribution in [3.8, 4) is 11.1 Å². The van der Waals surface area contributed by atoms with E-state index >= 15 is 0 Å². The van der Waals surface area contributed by atoms with E-state index in [1.165, 1.54) is 69.3 Å². The molecule has 9 aromatic rings. The van der Waals surface area contributed by atoms with Crippen molar-refractivity contribution in [1.82, 2.24) is 0 Å². The summed E-state index contributed by atoms with van der Waals surface area (Å²) < 4.78 is 2.62. The number of thiophene rings is 1. The van der Waals surface area contributed by atoms with Gasteiger partial charge < -0.3 is 4.90 Å². The van der Waals surface area contributed by atoms with Gasteiger partial charge in [0.2, 0.25) is 0 Å². The number of fused-ring (bicyclic) bond motifs is 7. The fourth-order valence-electron chi connectivity index (χ4n) is 6.67. The van der Waals surface area contributed by atoms with Crippen LogP contribution in [0.25, 0.3) is 63.6 Å². The first kappa shape index (κ1) is 25.1. The second-order valence-corrected chi connectivity index (χ2v) is 12.5. The molecule has 9 rings (SSSR count). The Morgan fingerprint density at radius 1 is 0.341 bits per heavy atom. The van der Waals surface area contributed by atoms with E-state index in [4.69, 9.17) is 0 Å². The molecule has 1 aromatic heterocycles. The van der Waals surface area contributed by atoms with Crippen molar-refractivity contribution in [2.45, 2.75) is 0 Å². The summed E-state index contributed by atoms with van der Waals surface area (Å²) in [6.45, 7) is 0. The fourth-order valence-corrected chi connectivity index (χ4v) is 7.81. The summed E-state index contributed by atoms with van der Waals surface area (Å²) in [7, 11) is 0. The zero-order valence-corrected chi connectivity index (χ0v) is 24.8. The number of hydrogen-bond acceptors (Lipinski definition) is 2. The van der Waals surface area contributed by atoms with Crippen LogP contribution in [0.4, 0.5) is 17.1 Å². The third kappa shape index (κ3) is 4.07. The molecule has 0 saturated heterocycles. The van der Waals surface area contributed by atoms with Gasteiger partial charge in [0.25, 0.3) is 0 Å². The number of hydrogen-bond donors (Lipinski definition) is 0. The van der Waals surface area contributed by atoms with Gasteiger partial charge in [-0.15, -0.1) is 11.3 Å².